The summed E-state index contributed by atoms with van der Waals surface area (Å²) in [6.45, 7) is 9.36. The van der Waals surface area contributed by atoms with Crippen molar-refractivity contribution >= 4 is 0 Å². The monoisotopic (exact) mass is 296 g/mol. The van der Waals surface area contributed by atoms with Crippen LogP contribution in [0.15, 0.2) is 0 Å². The molecule has 0 spiro atoms. The fourth-order valence-corrected chi connectivity index (χ4v) is 3.66. The van der Waals surface area contributed by atoms with Crippen LogP contribution < -0.4 is 0 Å². The summed E-state index contributed by atoms with van der Waals surface area (Å²) in [6, 6.07) is 0. The van der Waals surface area contributed by atoms with E-state index in [2.05, 4.69) is 27.7 Å². The van der Waals surface area contributed by atoms with E-state index in [0.717, 1.165) is 11.8 Å². The molecular weight excluding hydrogens is 252 g/mol. The molecule has 0 bridgehead atoms. The fraction of sp³-hybridized carbons (Fsp3) is 1.00. The topological polar surface area (TPSA) is 0 Å². The van der Waals surface area contributed by atoms with E-state index in [1.54, 1.807) is 0 Å². The maximum absolute atomic E-state index is 2.37. The lowest BCUT2D eigenvalue weighted by Crippen LogP contribution is -2.10. The summed E-state index contributed by atoms with van der Waals surface area (Å²) < 4.78 is 0. The Balaban J connectivity index is 4.09. The molecular formula is C21H44. The highest BCUT2D eigenvalue weighted by atomic mass is 14.2. The lowest BCUT2D eigenvalue weighted by atomic mass is 9.82. The minimum atomic E-state index is 1.02. The number of rotatable bonds is 16. The van der Waals surface area contributed by atoms with E-state index in [4.69, 9.17) is 0 Å². The van der Waals surface area contributed by atoms with E-state index < -0.39 is 0 Å². The Morgan fingerprint density at radius 2 is 0.905 bits per heavy atom. The molecule has 2 unspecified atom stereocenters. The van der Waals surface area contributed by atoms with Gasteiger partial charge in [0.25, 0.3) is 0 Å². The third-order valence-corrected chi connectivity index (χ3v) is 5.01. The van der Waals surface area contributed by atoms with Crippen LogP contribution in [0.3, 0.4) is 0 Å². The van der Waals surface area contributed by atoms with Crippen molar-refractivity contribution in [2.45, 2.75) is 124 Å². The second kappa shape index (κ2) is 16.4. The van der Waals surface area contributed by atoms with Gasteiger partial charge in [0.2, 0.25) is 0 Å². The molecule has 0 aromatic rings. The average Bonchev–Trinajstić information content (AvgIpc) is 2.49. The first-order chi connectivity index (χ1) is 10.3. The first kappa shape index (κ1) is 21.0. The molecule has 0 aliphatic carbocycles. The zero-order chi connectivity index (χ0) is 15.8. The van der Waals surface area contributed by atoms with Gasteiger partial charge in [-0.1, -0.05) is 118 Å². The normalized spacial score (nSPS) is 14.3. The maximum Gasteiger partial charge on any atom is -0.0412 e. The Morgan fingerprint density at radius 3 is 1.43 bits per heavy atom. The standard InChI is InChI=1S/C21H44/c1-5-9-12-13-14-18-21(17-11-7-3)19-20(15-8-4)16-10-6-2/h20-21H,5-19H2,1-4H3. The van der Waals surface area contributed by atoms with Gasteiger partial charge < -0.3 is 0 Å². The minimum absolute atomic E-state index is 1.02. The third kappa shape index (κ3) is 13.4. The van der Waals surface area contributed by atoms with Crippen LogP contribution in [0.1, 0.15) is 124 Å². The molecule has 0 heterocycles. The zero-order valence-corrected chi connectivity index (χ0v) is 15.8. The summed E-state index contributed by atoms with van der Waals surface area (Å²) >= 11 is 0. The Morgan fingerprint density at radius 1 is 0.429 bits per heavy atom. The van der Waals surface area contributed by atoms with Crippen molar-refractivity contribution in [3.8, 4) is 0 Å². The van der Waals surface area contributed by atoms with E-state index in [9.17, 15) is 0 Å². The first-order valence-corrected chi connectivity index (χ1v) is 10.3. The van der Waals surface area contributed by atoms with Crippen molar-refractivity contribution in [2.75, 3.05) is 0 Å². The molecule has 0 radical (unpaired) electrons. The number of unbranched alkanes of at least 4 members (excludes halogenated alkanes) is 6. The molecule has 0 saturated carbocycles. The minimum Gasteiger partial charge on any atom is -0.0654 e. The molecule has 0 fully saturated rings. The van der Waals surface area contributed by atoms with E-state index in [-0.39, 0.29) is 0 Å². The van der Waals surface area contributed by atoms with Crippen LogP contribution in [-0.4, -0.2) is 0 Å². The van der Waals surface area contributed by atoms with E-state index in [1.807, 2.05) is 0 Å². The number of hydrogen-bond donors (Lipinski definition) is 0. The summed E-state index contributed by atoms with van der Waals surface area (Å²) in [6.07, 6.45) is 21.8. The highest BCUT2D eigenvalue weighted by Gasteiger charge is 2.15. The predicted molar refractivity (Wildman–Crippen MR) is 98.9 cm³/mol. The maximum atomic E-state index is 2.37. The molecule has 0 aliphatic rings. The smallest absolute Gasteiger partial charge is 0.0412 e. The van der Waals surface area contributed by atoms with Crippen LogP contribution in [0.4, 0.5) is 0 Å². The van der Waals surface area contributed by atoms with Gasteiger partial charge in [-0.05, 0) is 18.3 Å². The molecule has 0 aromatic carbocycles. The molecule has 21 heavy (non-hydrogen) atoms. The highest BCUT2D eigenvalue weighted by molar-refractivity contribution is 4.68. The molecule has 0 saturated heterocycles. The molecule has 0 N–H and O–H groups in total. The first-order valence-electron chi connectivity index (χ1n) is 10.3. The largest absolute Gasteiger partial charge is 0.0654 e. The molecule has 0 heteroatoms. The van der Waals surface area contributed by atoms with Gasteiger partial charge in [-0.25, -0.2) is 0 Å². The van der Waals surface area contributed by atoms with Crippen LogP contribution >= 0.6 is 0 Å². The molecule has 2 atom stereocenters. The average molecular weight is 297 g/mol. The van der Waals surface area contributed by atoms with Gasteiger partial charge in [0, 0.05) is 0 Å². The van der Waals surface area contributed by atoms with Crippen molar-refractivity contribution in [3.05, 3.63) is 0 Å². The second-order valence-corrected chi connectivity index (χ2v) is 7.24. The molecule has 0 rings (SSSR count). The van der Waals surface area contributed by atoms with Crippen LogP contribution in [-0.2, 0) is 0 Å². The predicted octanol–water partition coefficient (Wildman–Crippen LogP) is 8.15. The Bertz CT molecular complexity index is 184. The highest BCUT2D eigenvalue weighted by Crippen LogP contribution is 2.29. The van der Waals surface area contributed by atoms with Crippen molar-refractivity contribution in [1.29, 1.82) is 0 Å². The summed E-state index contributed by atoms with van der Waals surface area (Å²) in [5.74, 6) is 2.05. The second-order valence-electron chi connectivity index (χ2n) is 7.24. The third-order valence-electron chi connectivity index (χ3n) is 5.01. The van der Waals surface area contributed by atoms with Crippen LogP contribution in [0.2, 0.25) is 0 Å². The lowest BCUT2D eigenvalue weighted by Gasteiger charge is -2.23. The number of hydrogen-bond acceptors (Lipinski definition) is 0. The van der Waals surface area contributed by atoms with Gasteiger partial charge >= 0.3 is 0 Å². The summed E-state index contributed by atoms with van der Waals surface area (Å²) in [5, 5.41) is 0. The van der Waals surface area contributed by atoms with E-state index >= 15 is 0 Å². The van der Waals surface area contributed by atoms with Crippen LogP contribution in [0, 0.1) is 11.8 Å². The summed E-state index contributed by atoms with van der Waals surface area (Å²) in [5.41, 5.74) is 0. The van der Waals surface area contributed by atoms with Crippen LogP contribution in [0.5, 0.6) is 0 Å². The Kier molecular flexibility index (Phi) is 16.4. The quantitative estimate of drug-likeness (QED) is 0.252. The molecule has 128 valence electrons. The summed E-state index contributed by atoms with van der Waals surface area (Å²) in [7, 11) is 0. The van der Waals surface area contributed by atoms with Crippen molar-refractivity contribution in [1.82, 2.24) is 0 Å². The van der Waals surface area contributed by atoms with E-state index in [1.165, 1.54) is 96.3 Å². The fourth-order valence-electron chi connectivity index (χ4n) is 3.66. The zero-order valence-electron chi connectivity index (χ0n) is 15.8. The van der Waals surface area contributed by atoms with Crippen molar-refractivity contribution in [2.24, 2.45) is 11.8 Å². The van der Waals surface area contributed by atoms with Gasteiger partial charge in [-0.15, -0.1) is 0 Å². The van der Waals surface area contributed by atoms with Crippen molar-refractivity contribution in [3.63, 3.8) is 0 Å². The Hall–Kier alpha value is 0. The summed E-state index contributed by atoms with van der Waals surface area (Å²) in [4.78, 5) is 0. The molecule has 0 aliphatic heterocycles. The molecule has 0 aromatic heterocycles. The SMILES string of the molecule is CCCCCCCC(CCCC)CC(CCC)CCCC. The van der Waals surface area contributed by atoms with Gasteiger partial charge in [0.15, 0.2) is 0 Å². The van der Waals surface area contributed by atoms with Gasteiger partial charge in [0.1, 0.15) is 0 Å². The molecule has 0 nitrogen and oxygen atoms in total. The van der Waals surface area contributed by atoms with Gasteiger partial charge in [-0.2, -0.15) is 0 Å². The van der Waals surface area contributed by atoms with Crippen LogP contribution in [0.25, 0.3) is 0 Å². The van der Waals surface area contributed by atoms with E-state index in [0.29, 0.717) is 0 Å². The van der Waals surface area contributed by atoms with Gasteiger partial charge in [-0.3, -0.25) is 0 Å². The molecule has 0 amide bonds. The lowest BCUT2D eigenvalue weighted by molar-refractivity contribution is 0.290. The van der Waals surface area contributed by atoms with Crippen molar-refractivity contribution < 1.29 is 0 Å². The van der Waals surface area contributed by atoms with Gasteiger partial charge in [0.05, 0.1) is 0 Å². The Labute approximate surface area is 136 Å².